The third-order valence-electron chi connectivity index (χ3n) is 2.17. The molecule has 0 aromatic carbocycles. The zero-order valence-electron chi connectivity index (χ0n) is 8.51. The molecule has 0 aliphatic heterocycles. The van der Waals surface area contributed by atoms with Crippen molar-refractivity contribution in [1.82, 2.24) is 0 Å². The first-order valence-electron chi connectivity index (χ1n) is 4.91. The van der Waals surface area contributed by atoms with E-state index in [0.29, 0.717) is 12.8 Å². The molecular formula is C12H10O2SSe. The Bertz CT molecular complexity index is 425. The zero-order valence-corrected chi connectivity index (χ0v) is 11.0. The molecule has 0 spiro atoms. The van der Waals surface area contributed by atoms with Crippen molar-refractivity contribution in [2.24, 2.45) is 0 Å². The van der Waals surface area contributed by atoms with Gasteiger partial charge >= 0.3 is 104 Å². The summed E-state index contributed by atoms with van der Waals surface area (Å²) in [6, 6.07) is 7.43. The summed E-state index contributed by atoms with van der Waals surface area (Å²) >= 11 is 1.61. The molecule has 2 aromatic rings. The second-order valence-corrected chi connectivity index (χ2v) is 6.24. The van der Waals surface area contributed by atoms with Crippen LogP contribution in [0.2, 0.25) is 0 Å². The van der Waals surface area contributed by atoms with Crippen LogP contribution >= 0.6 is 11.3 Å². The van der Waals surface area contributed by atoms with E-state index in [1.807, 2.05) is 28.5 Å². The van der Waals surface area contributed by atoms with Gasteiger partial charge in [-0.25, -0.2) is 0 Å². The van der Waals surface area contributed by atoms with Crippen LogP contribution in [0.25, 0.3) is 0 Å². The number of carbonyl (C=O) groups is 2. The van der Waals surface area contributed by atoms with Crippen molar-refractivity contribution in [1.29, 1.82) is 0 Å². The van der Waals surface area contributed by atoms with Gasteiger partial charge in [0.2, 0.25) is 0 Å². The molecule has 0 saturated heterocycles. The maximum atomic E-state index is 11.7. The van der Waals surface area contributed by atoms with Gasteiger partial charge in [0, 0.05) is 0 Å². The van der Waals surface area contributed by atoms with Crippen LogP contribution in [0, 0.1) is 0 Å². The molecule has 4 heteroatoms. The number of hydrogen-bond donors (Lipinski definition) is 0. The van der Waals surface area contributed by atoms with Crippen molar-refractivity contribution in [2.45, 2.75) is 12.8 Å². The van der Waals surface area contributed by atoms with Gasteiger partial charge in [0.05, 0.1) is 0 Å². The van der Waals surface area contributed by atoms with Crippen LogP contribution in [0.4, 0.5) is 0 Å². The van der Waals surface area contributed by atoms with Crippen LogP contribution in [0.5, 0.6) is 0 Å². The fourth-order valence-electron chi connectivity index (χ4n) is 1.35. The van der Waals surface area contributed by atoms with Crippen molar-refractivity contribution >= 4 is 37.4 Å². The second-order valence-electron chi connectivity index (χ2n) is 3.30. The Morgan fingerprint density at radius 2 is 1.94 bits per heavy atom. The average molecular weight is 297 g/mol. The Morgan fingerprint density at radius 1 is 1.12 bits per heavy atom. The van der Waals surface area contributed by atoms with Gasteiger partial charge in [-0.1, -0.05) is 0 Å². The van der Waals surface area contributed by atoms with Crippen LogP contribution in [-0.2, 0) is 0 Å². The molecular weight excluding hydrogens is 287 g/mol. The quantitative estimate of drug-likeness (QED) is 0.628. The van der Waals surface area contributed by atoms with E-state index >= 15 is 0 Å². The maximum absolute atomic E-state index is 11.7. The minimum absolute atomic E-state index is 0.0717. The van der Waals surface area contributed by atoms with E-state index in [9.17, 15) is 9.59 Å². The fourth-order valence-corrected chi connectivity index (χ4v) is 3.50. The molecule has 0 N–H and O–H groups in total. The molecule has 0 fully saturated rings. The molecule has 0 bridgehead atoms. The van der Waals surface area contributed by atoms with Crippen molar-refractivity contribution in [3.63, 3.8) is 0 Å². The molecule has 0 saturated carbocycles. The topological polar surface area (TPSA) is 34.1 Å². The van der Waals surface area contributed by atoms with Gasteiger partial charge in [0.1, 0.15) is 0 Å². The molecule has 82 valence electrons. The van der Waals surface area contributed by atoms with Crippen molar-refractivity contribution in [2.75, 3.05) is 0 Å². The third kappa shape index (κ3) is 2.79. The summed E-state index contributed by atoms with van der Waals surface area (Å²) < 4.78 is 0.881. The Hall–Kier alpha value is -0.961. The van der Waals surface area contributed by atoms with Gasteiger partial charge in [-0.2, -0.15) is 0 Å². The molecule has 0 radical (unpaired) electrons. The number of hydrogen-bond acceptors (Lipinski definition) is 3. The summed E-state index contributed by atoms with van der Waals surface area (Å²) in [7, 11) is 0. The SMILES string of the molecule is O=C(CCC(=O)c1ccc[se]1)c1cccs1. The van der Waals surface area contributed by atoms with Gasteiger partial charge in [0.15, 0.2) is 0 Å². The summed E-state index contributed by atoms with van der Waals surface area (Å²) in [6.07, 6.45) is 0.665. The molecule has 0 unspecified atom stereocenters. The van der Waals surface area contributed by atoms with Crippen LogP contribution in [0.1, 0.15) is 31.7 Å². The standard InChI is InChI=1S/C12H10O2SSe/c13-9(11-3-1-7-15-11)5-6-10(14)12-4-2-8-16-12/h1-4,7-8H,5-6H2. The van der Waals surface area contributed by atoms with Crippen LogP contribution < -0.4 is 0 Å². The predicted molar refractivity (Wildman–Crippen MR) is 65.6 cm³/mol. The van der Waals surface area contributed by atoms with E-state index in [1.54, 1.807) is 6.07 Å². The van der Waals surface area contributed by atoms with Gasteiger partial charge in [0.25, 0.3) is 0 Å². The number of Topliss-reactive ketones (excluding diaryl/α,β-unsaturated/α-hetero) is 2. The first-order valence-corrected chi connectivity index (χ1v) is 7.63. The first kappa shape index (κ1) is 11.5. The summed E-state index contributed by atoms with van der Waals surface area (Å²) in [5.74, 6) is 0.192. The number of ketones is 2. The predicted octanol–water partition coefficient (Wildman–Crippen LogP) is 2.65. The first-order chi connectivity index (χ1) is 7.77. The van der Waals surface area contributed by atoms with Crippen molar-refractivity contribution in [3.8, 4) is 0 Å². The van der Waals surface area contributed by atoms with Gasteiger partial charge in [-0.15, -0.1) is 0 Å². The van der Waals surface area contributed by atoms with E-state index in [0.717, 1.165) is 9.31 Å². The summed E-state index contributed by atoms with van der Waals surface area (Å²) in [5, 5.41) is 1.88. The molecule has 2 nitrogen and oxygen atoms in total. The Kier molecular flexibility index (Phi) is 3.88. The van der Waals surface area contributed by atoms with Crippen LogP contribution in [0.15, 0.2) is 34.6 Å². The number of carbonyl (C=O) groups excluding carboxylic acids is 2. The molecule has 0 amide bonds. The van der Waals surface area contributed by atoms with Crippen LogP contribution in [0.3, 0.4) is 0 Å². The van der Waals surface area contributed by atoms with E-state index < -0.39 is 0 Å². The summed E-state index contributed by atoms with van der Waals surface area (Å²) in [6.45, 7) is 0. The number of rotatable bonds is 5. The number of thiophene rings is 1. The van der Waals surface area contributed by atoms with Gasteiger partial charge < -0.3 is 0 Å². The minimum atomic E-state index is 0.0717. The Labute approximate surface area is 104 Å². The molecule has 0 atom stereocenters. The molecule has 2 aromatic heterocycles. The Balaban J connectivity index is 1.89. The van der Waals surface area contributed by atoms with Gasteiger partial charge in [-0.05, 0) is 0 Å². The van der Waals surface area contributed by atoms with Crippen LogP contribution in [-0.4, -0.2) is 26.1 Å². The normalized spacial score (nSPS) is 10.2. The van der Waals surface area contributed by atoms with E-state index in [1.165, 1.54) is 11.3 Å². The third-order valence-corrected chi connectivity index (χ3v) is 4.99. The Morgan fingerprint density at radius 3 is 2.56 bits per heavy atom. The van der Waals surface area contributed by atoms with E-state index in [2.05, 4.69) is 0 Å². The average Bonchev–Trinajstić information content (AvgIpc) is 2.95. The fraction of sp³-hybridized carbons (Fsp3) is 0.167. The van der Waals surface area contributed by atoms with Crippen molar-refractivity contribution < 1.29 is 9.59 Å². The molecule has 16 heavy (non-hydrogen) atoms. The van der Waals surface area contributed by atoms with E-state index in [-0.39, 0.29) is 26.1 Å². The molecule has 2 heterocycles. The van der Waals surface area contributed by atoms with Crippen molar-refractivity contribution in [3.05, 3.63) is 43.9 Å². The summed E-state index contributed by atoms with van der Waals surface area (Å²) in [4.78, 5) is 26.1. The monoisotopic (exact) mass is 298 g/mol. The molecule has 2 rings (SSSR count). The molecule has 0 aliphatic rings. The van der Waals surface area contributed by atoms with E-state index in [4.69, 9.17) is 0 Å². The van der Waals surface area contributed by atoms with Gasteiger partial charge in [-0.3, -0.25) is 0 Å². The second kappa shape index (κ2) is 5.39. The molecule has 0 aliphatic carbocycles. The summed E-state index contributed by atoms with van der Waals surface area (Å²) in [5.41, 5.74) is 0. The zero-order chi connectivity index (χ0) is 11.4.